The Bertz CT molecular complexity index is 3980. The number of benzene rings is 11. The minimum atomic E-state index is 1.07. The van der Waals surface area contributed by atoms with Crippen molar-refractivity contribution >= 4 is 66.1 Å². The first-order chi connectivity index (χ1) is 35.1. The van der Waals surface area contributed by atoms with Crippen LogP contribution in [0.15, 0.2) is 280 Å². The van der Waals surface area contributed by atoms with Gasteiger partial charge in [-0.1, -0.05) is 213 Å². The van der Waals surface area contributed by atoms with Crippen LogP contribution in [0.3, 0.4) is 0 Å². The van der Waals surface area contributed by atoms with Crippen LogP contribution in [0.2, 0.25) is 0 Å². The number of rotatable bonds is 11. The Hall–Kier alpha value is -9.24. The molecule has 0 unspecified atom stereocenters. The minimum Gasteiger partial charge on any atom is -0.310 e. The van der Waals surface area contributed by atoms with Crippen LogP contribution in [0.4, 0.5) is 17.1 Å². The Balaban J connectivity index is 0.990. The summed E-state index contributed by atoms with van der Waals surface area (Å²) in [5.74, 6) is 0. The largest absolute Gasteiger partial charge is 0.310 e. The Morgan fingerprint density at radius 3 is 1.68 bits per heavy atom. The Morgan fingerprint density at radius 2 is 0.944 bits per heavy atom. The van der Waals surface area contributed by atoms with Crippen molar-refractivity contribution in [2.45, 2.75) is 6.92 Å². The van der Waals surface area contributed by atoms with E-state index in [2.05, 4.69) is 284 Å². The molecule has 11 aromatic carbocycles. The van der Waals surface area contributed by atoms with Gasteiger partial charge in [0.25, 0.3) is 0 Å². The number of aromatic nitrogens is 1. The average molecular weight is 907 g/mol. The molecule has 0 aliphatic rings. The molecule has 71 heavy (non-hydrogen) atoms. The van der Waals surface area contributed by atoms with Crippen molar-refractivity contribution in [3.63, 3.8) is 0 Å². The van der Waals surface area contributed by atoms with Gasteiger partial charge in [0.05, 0.1) is 11.0 Å². The van der Waals surface area contributed by atoms with E-state index in [1.807, 2.05) is 12.2 Å². The number of fused-ring (bicyclic) bond motifs is 5. The van der Waals surface area contributed by atoms with E-state index in [4.69, 9.17) is 0 Å². The molecule has 0 fully saturated rings. The predicted molar refractivity (Wildman–Crippen MR) is 306 cm³/mol. The van der Waals surface area contributed by atoms with E-state index in [1.54, 1.807) is 0 Å². The number of hydrogen-bond acceptors (Lipinski definition) is 1. The van der Waals surface area contributed by atoms with Crippen molar-refractivity contribution in [2.75, 3.05) is 4.90 Å². The number of nitrogens with zero attached hydrogens (tertiary/aromatic N) is 2. The van der Waals surface area contributed by atoms with Gasteiger partial charge in [0.1, 0.15) is 0 Å². The van der Waals surface area contributed by atoms with Crippen molar-refractivity contribution in [1.29, 1.82) is 0 Å². The highest BCUT2D eigenvalue weighted by atomic mass is 15.1. The normalized spacial score (nSPS) is 11.8. The summed E-state index contributed by atoms with van der Waals surface area (Å²) in [6.07, 6.45) is 8.17. The van der Waals surface area contributed by atoms with Gasteiger partial charge in [0.2, 0.25) is 0 Å². The highest BCUT2D eigenvalue weighted by molar-refractivity contribution is 6.18. The molecular formula is C69H50N2. The van der Waals surface area contributed by atoms with Crippen molar-refractivity contribution in [2.24, 2.45) is 0 Å². The second-order valence-corrected chi connectivity index (χ2v) is 18.1. The van der Waals surface area contributed by atoms with Crippen LogP contribution < -0.4 is 4.90 Å². The molecule has 12 rings (SSSR count). The summed E-state index contributed by atoms with van der Waals surface area (Å²) in [5.41, 5.74) is 18.4. The van der Waals surface area contributed by atoms with E-state index in [0.717, 1.165) is 44.9 Å². The van der Waals surface area contributed by atoms with E-state index in [-0.39, 0.29) is 0 Å². The average Bonchev–Trinajstić information content (AvgIpc) is 3.77. The maximum Gasteiger partial charge on any atom is 0.0553 e. The van der Waals surface area contributed by atoms with E-state index < -0.39 is 0 Å². The molecule has 1 aromatic heterocycles. The number of para-hydroxylation sites is 1. The molecule has 0 amide bonds. The summed E-state index contributed by atoms with van der Waals surface area (Å²) >= 11 is 0. The summed E-state index contributed by atoms with van der Waals surface area (Å²) in [4.78, 5) is 2.39. The molecule has 0 saturated carbocycles. The second kappa shape index (κ2) is 18.7. The zero-order valence-electron chi connectivity index (χ0n) is 39.6. The van der Waals surface area contributed by atoms with Gasteiger partial charge in [0.15, 0.2) is 0 Å². The number of hydrogen-bond donors (Lipinski definition) is 0. The molecule has 0 saturated heterocycles. The first-order valence-corrected chi connectivity index (χ1v) is 24.4. The maximum absolute atomic E-state index is 3.99. The number of allylic oxidation sites excluding steroid dienone is 5. The Labute approximate surface area is 415 Å². The zero-order chi connectivity index (χ0) is 47.7. The van der Waals surface area contributed by atoms with E-state index in [0.29, 0.717) is 0 Å². The van der Waals surface area contributed by atoms with E-state index >= 15 is 0 Å². The summed E-state index contributed by atoms with van der Waals surface area (Å²) in [6.45, 7) is 6.09. The monoisotopic (exact) mass is 906 g/mol. The molecule has 0 aliphatic heterocycles. The Morgan fingerprint density at radius 1 is 0.380 bits per heavy atom. The van der Waals surface area contributed by atoms with E-state index in [9.17, 15) is 0 Å². The molecule has 1 heterocycles. The molecule has 0 atom stereocenters. The van der Waals surface area contributed by atoms with Crippen LogP contribution >= 0.6 is 0 Å². The smallest absolute Gasteiger partial charge is 0.0553 e. The molecule has 0 N–H and O–H groups in total. The molecule has 2 nitrogen and oxygen atoms in total. The fourth-order valence-electron chi connectivity index (χ4n) is 10.4. The maximum atomic E-state index is 3.99. The summed E-state index contributed by atoms with van der Waals surface area (Å²) in [6, 6.07) is 90.8. The van der Waals surface area contributed by atoms with Crippen LogP contribution in [0.1, 0.15) is 6.92 Å². The molecular weight excluding hydrogens is 857 g/mol. The second-order valence-electron chi connectivity index (χ2n) is 18.1. The standard InChI is InChI=1S/C69H50N2/c1-3-5-24-59(4-2)71-67-29-14-13-27-65(67)69-66(46-58(47-68(69)71)48-17-7-6-8-18-48)57-23-15-25-62(45-57)70(61-42-38-52(39-43-61)56-35-32-49-19-9-10-21-55(49)44-56)60-40-36-51(37-41-60)50-30-33-54(34-31-50)64-28-16-22-53-20-11-12-26-63(53)64/h3-47H,1H2,2H3/b24-5-,59-4+. The van der Waals surface area contributed by atoms with Crippen molar-refractivity contribution in [3.05, 3.63) is 280 Å². The SMILES string of the molecule is C=C/C=C\C(=C/C)n1c2ccccc2c2c(-c3cccc(N(c4ccc(-c5ccc(-c6cccc7ccccc67)cc5)cc4)c4ccc(-c5ccc6ccccc6c5)cc4)c3)cc(-c3ccccc3)cc21. The van der Waals surface area contributed by atoms with Crippen molar-refractivity contribution < 1.29 is 0 Å². The lowest BCUT2D eigenvalue weighted by Gasteiger charge is -2.26. The van der Waals surface area contributed by atoms with Crippen LogP contribution in [0.5, 0.6) is 0 Å². The van der Waals surface area contributed by atoms with Gasteiger partial charge in [-0.3, -0.25) is 0 Å². The summed E-state index contributed by atoms with van der Waals surface area (Å²) in [7, 11) is 0. The summed E-state index contributed by atoms with van der Waals surface area (Å²) < 4.78 is 2.40. The summed E-state index contributed by atoms with van der Waals surface area (Å²) in [5, 5.41) is 7.41. The van der Waals surface area contributed by atoms with Gasteiger partial charge in [-0.2, -0.15) is 0 Å². The zero-order valence-corrected chi connectivity index (χ0v) is 39.6. The fourth-order valence-corrected chi connectivity index (χ4v) is 10.4. The van der Waals surface area contributed by atoms with Crippen molar-refractivity contribution in [1.82, 2.24) is 4.57 Å². The molecule has 12 aromatic rings. The highest BCUT2D eigenvalue weighted by Gasteiger charge is 2.21. The topological polar surface area (TPSA) is 8.17 Å². The molecule has 336 valence electrons. The van der Waals surface area contributed by atoms with E-state index in [1.165, 1.54) is 76.8 Å². The third-order valence-corrected chi connectivity index (χ3v) is 13.9. The first-order valence-electron chi connectivity index (χ1n) is 24.4. The lowest BCUT2D eigenvalue weighted by molar-refractivity contribution is 1.23. The third kappa shape index (κ3) is 8.12. The molecule has 0 bridgehead atoms. The van der Waals surface area contributed by atoms with Crippen LogP contribution in [0, 0.1) is 0 Å². The molecule has 0 spiro atoms. The van der Waals surface area contributed by atoms with Gasteiger partial charge in [-0.25, -0.2) is 0 Å². The lowest BCUT2D eigenvalue weighted by atomic mass is 9.94. The Kier molecular flexibility index (Phi) is 11.3. The highest BCUT2D eigenvalue weighted by Crippen LogP contribution is 2.44. The van der Waals surface area contributed by atoms with Crippen LogP contribution in [-0.4, -0.2) is 4.57 Å². The van der Waals surface area contributed by atoms with Gasteiger partial charge in [-0.05, 0) is 151 Å². The quantitative estimate of drug-likeness (QED) is 0.117. The lowest BCUT2D eigenvalue weighted by Crippen LogP contribution is -2.10. The molecule has 0 aliphatic carbocycles. The first kappa shape index (κ1) is 43.1. The van der Waals surface area contributed by atoms with Crippen LogP contribution in [-0.2, 0) is 0 Å². The van der Waals surface area contributed by atoms with Gasteiger partial charge >= 0.3 is 0 Å². The van der Waals surface area contributed by atoms with Gasteiger partial charge < -0.3 is 9.47 Å². The fraction of sp³-hybridized carbons (Fsp3) is 0.0145. The minimum absolute atomic E-state index is 1.07. The van der Waals surface area contributed by atoms with Crippen molar-refractivity contribution in [3.8, 4) is 55.6 Å². The van der Waals surface area contributed by atoms with Gasteiger partial charge in [-0.15, -0.1) is 0 Å². The van der Waals surface area contributed by atoms with Gasteiger partial charge in [0, 0.05) is 33.5 Å². The molecule has 0 radical (unpaired) electrons. The third-order valence-electron chi connectivity index (χ3n) is 13.9. The number of anilines is 3. The predicted octanol–water partition coefficient (Wildman–Crippen LogP) is 19.5. The van der Waals surface area contributed by atoms with Crippen LogP contribution in [0.25, 0.3) is 105 Å². The molecule has 2 heteroatoms.